The van der Waals surface area contributed by atoms with Crippen LogP contribution in [0.4, 0.5) is 0 Å². The van der Waals surface area contributed by atoms with Gasteiger partial charge in [-0.2, -0.15) is 0 Å². The molecule has 2 rings (SSSR count). The van der Waals surface area contributed by atoms with Crippen LogP contribution in [0.15, 0.2) is 0 Å². The van der Waals surface area contributed by atoms with E-state index < -0.39 is 0 Å². The van der Waals surface area contributed by atoms with Crippen LogP contribution in [0, 0.1) is 5.92 Å². The lowest BCUT2D eigenvalue weighted by atomic mass is 9.93. The summed E-state index contributed by atoms with van der Waals surface area (Å²) in [5, 5.41) is 6.72. The van der Waals surface area contributed by atoms with Crippen LogP contribution < -0.4 is 10.6 Å². The maximum Gasteiger partial charge on any atom is 0.226 e. The summed E-state index contributed by atoms with van der Waals surface area (Å²) >= 11 is 0. The summed E-state index contributed by atoms with van der Waals surface area (Å²) in [7, 11) is 0. The van der Waals surface area contributed by atoms with Crippen molar-refractivity contribution in [2.75, 3.05) is 6.61 Å². The standard InChI is InChI=1S/C14H26N2O2/c1-4-13-11(7-8-18-13)14(17)16-12-6-5-9(2)15-10(12)3/h9-13,15H,4-8H2,1-3H3,(H,16,17). The van der Waals surface area contributed by atoms with Crippen LogP contribution in [0.2, 0.25) is 0 Å². The van der Waals surface area contributed by atoms with Gasteiger partial charge >= 0.3 is 0 Å². The van der Waals surface area contributed by atoms with Gasteiger partial charge in [0.05, 0.1) is 12.0 Å². The number of hydrogen-bond donors (Lipinski definition) is 2. The molecule has 2 aliphatic heterocycles. The largest absolute Gasteiger partial charge is 0.377 e. The number of carbonyl (C=O) groups excluding carboxylic acids is 1. The van der Waals surface area contributed by atoms with Gasteiger partial charge in [0, 0.05) is 24.7 Å². The molecule has 5 unspecified atom stereocenters. The average Bonchev–Trinajstić information content (AvgIpc) is 2.81. The molecule has 5 atom stereocenters. The van der Waals surface area contributed by atoms with Gasteiger partial charge in [0.1, 0.15) is 0 Å². The molecule has 104 valence electrons. The van der Waals surface area contributed by atoms with Crippen LogP contribution in [0.1, 0.15) is 46.5 Å². The molecule has 2 fully saturated rings. The second-order valence-corrected chi connectivity index (χ2v) is 5.76. The summed E-state index contributed by atoms with van der Waals surface area (Å²) in [6, 6.07) is 1.19. The van der Waals surface area contributed by atoms with Crippen molar-refractivity contribution in [1.29, 1.82) is 0 Å². The number of piperidine rings is 1. The summed E-state index contributed by atoms with van der Waals surface area (Å²) in [6.07, 6.45) is 4.12. The Morgan fingerprint density at radius 2 is 2.11 bits per heavy atom. The number of ether oxygens (including phenoxy) is 1. The van der Waals surface area contributed by atoms with Crippen LogP contribution in [0.25, 0.3) is 0 Å². The van der Waals surface area contributed by atoms with Gasteiger partial charge in [0.25, 0.3) is 0 Å². The minimum Gasteiger partial charge on any atom is -0.377 e. The average molecular weight is 254 g/mol. The molecule has 2 saturated heterocycles. The molecule has 4 heteroatoms. The van der Waals surface area contributed by atoms with Crippen molar-refractivity contribution in [3.8, 4) is 0 Å². The minimum atomic E-state index is 0.0570. The van der Waals surface area contributed by atoms with Crippen LogP contribution in [0.5, 0.6) is 0 Å². The zero-order valence-electron chi connectivity index (χ0n) is 11.7. The summed E-state index contributed by atoms with van der Waals surface area (Å²) in [5.74, 6) is 0.245. The SMILES string of the molecule is CCC1OCCC1C(=O)NC1CCC(C)NC1C. The normalized spacial score (nSPS) is 40.7. The molecular weight excluding hydrogens is 228 g/mol. The van der Waals surface area contributed by atoms with Gasteiger partial charge in [-0.25, -0.2) is 0 Å². The van der Waals surface area contributed by atoms with Crippen molar-refractivity contribution >= 4 is 5.91 Å². The quantitative estimate of drug-likeness (QED) is 0.801. The Morgan fingerprint density at radius 1 is 1.33 bits per heavy atom. The Bertz CT molecular complexity index is 296. The summed E-state index contributed by atoms with van der Waals surface area (Å²) < 4.78 is 5.59. The highest BCUT2D eigenvalue weighted by atomic mass is 16.5. The number of hydrogen-bond acceptors (Lipinski definition) is 3. The van der Waals surface area contributed by atoms with Crippen molar-refractivity contribution < 1.29 is 9.53 Å². The number of nitrogens with one attached hydrogen (secondary N) is 2. The molecule has 0 aliphatic carbocycles. The van der Waals surface area contributed by atoms with Crippen molar-refractivity contribution in [3.63, 3.8) is 0 Å². The lowest BCUT2D eigenvalue weighted by molar-refractivity contribution is -0.127. The number of carbonyl (C=O) groups is 1. The smallest absolute Gasteiger partial charge is 0.226 e. The third kappa shape index (κ3) is 3.04. The van der Waals surface area contributed by atoms with Gasteiger partial charge < -0.3 is 15.4 Å². The van der Waals surface area contributed by atoms with Crippen molar-refractivity contribution in [1.82, 2.24) is 10.6 Å². The lowest BCUT2D eigenvalue weighted by Crippen LogP contribution is -2.56. The molecule has 0 radical (unpaired) electrons. The summed E-state index contributed by atoms with van der Waals surface area (Å²) in [6.45, 7) is 7.17. The Morgan fingerprint density at radius 3 is 2.78 bits per heavy atom. The first kappa shape index (κ1) is 13.8. The fraction of sp³-hybridized carbons (Fsp3) is 0.929. The minimum absolute atomic E-state index is 0.0570. The first-order valence-corrected chi connectivity index (χ1v) is 7.29. The van der Waals surface area contributed by atoms with Crippen LogP contribution >= 0.6 is 0 Å². The van der Waals surface area contributed by atoms with Gasteiger partial charge in [-0.15, -0.1) is 0 Å². The van der Waals surface area contributed by atoms with E-state index in [0.29, 0.717) is 12.1 Å². The molecule has 2 N–H and O–H groups in total. The first-order chi connectivity index (χ1) is 8.61. The van der Waals surface area contributed by atoms with E-state index >= 15 is 0 Å². The van der Waals surface area contributed by atoms with E-state index in [1.165, 1.54) is 0 Å². The molecule has 2 heterocycles. The van der Waals surface area contributed by atoms with Crippen molar-refractivity contribution in [2.45, 2.75) is 70.7 Å². The molecule has 0 aromatic rings. The zero-order valence-corrected chi connectivity index (χ0v) is 11.7. The first-order valence-electron chi connectivity index (χ1n) is 7.29. The van der Waals surface area contributed by atoms with E-state index in [2.05, 4.69) is 31.4 Å². The summed E-state index contributed by atoms with van der Waals surface area (Å²) in [5.41, 5.74) is 0. The van der Waals surface area contributed by atoms with E-state index in [-0.39, 0.29) is 24.0 Å². The fourth-order valence-electron chi connectivity index (χ4n) is 3.17. The molecule has 0 spiro atoms. The van der Waals surface area contributed by atoms with Crippen molar-refractivity contribution in [3.05, 3.63) is 0 Å². The van der Waals surface area contributed by atoms with Crippen LogP contribution in [-0.2, 0) is 9.53 Å². The molecule has 0 saturated carbocycles. The monoisotopic (exact) mass is 254 g/mol. The summed E-state index contributed by atoms with van der Waals surface area (Å²) in [4.78, 5) is 12.3. The predicted octanol–water partition coefficient (Wildman–Crippen LogP) is 1.45. The number of rotatable bonds is 3. The molecule has 0 aromatic carbocycles. The molecule has 0 aromatic heterocycles. The Kier molecular flexibility index (Phi) is 4.62. The second-order valence-electron chi connectivity index (χ2n) is 5.76. The van der Waals surface area contributed by atoms with Gasteiger partial charge in [0.15, 0.2) is 0 Å². The third-order valence-corrected chi connectivity index (χ3v) is 4.34. The van der Waals surface area contributed by atoms with E-state index in [0.717, 1.165) is 32.3 Å². The maximum absolute atomic E-state index is 12.3. The maximum atomic E-state index is 12.3. The highest BCUT2D eigenvalue weighted by Gasteiger charge is 2.35. The molecule has 4 nitrogen and oxygen atoms in total. The third-order valence-electron chi connectivity index (χ3n) is 4.34. The van der Waals surface area contributed by atoms with E-state index in [9.17, 15) is 4.79 Å². The molecular formula is C14H26N2O2. The Balaban J connectivity index is 1.87. The van der Waals surface area contributed by atoms with Crippen molar-refractivity contribution in [2.24, 2.45) is 5.92 Å². The van der Waals surface area contributed by atoms with Gasteiger partial charge in [-0.3, -0.25) is 4.79 Å². The Hall–Kier alpha value is -0.610. The Labute approximate surface area is 110 Å². The highest BCUT2D eigenvalue weighted by molar-refractivity contribution is 5.79. The van der Waals surface area contributed by atoms with E-state index in [4.69, 9.17) is 4.74 Å². The zero-order chi connectivity index (χ0) is 13.1. The van der Waals surface area contributed by atoms with Crippen LogP contribution in [-0.4, -0.2) is 36.7 Å². The number of amides is 1. The molecule has 18 heavy (non-hydrogen) atoms. The van der Waals surface area contributed by atoms with Crippen LogP contribution in [0.3, 0.4) is 0 Å². The van der Waals surface area contributed by atoms with Gasteiger partial charge in [0.2, 0.25) is 5.91 Å². The molecule has 2 aliphatic rings. The van der Waals surface area contributed by atoms with Gasteiger partial charge in [-0.1, -0.05) is 6.92 Å². The van der Waals surface area contributed by atoms with E-state index in [1.54, 1.807) is 0 Å². The fourth-order valence-corrected chi connectivity index (χ4v) is 3.17. The predicted molar refractivity (Wildman–Crippen MR) is 71.4 cm³/mol. The topological polar surface area (TPSA) is 50.4 Å². The van der Waals surface area contributed by atoms with E-state index in [1.807, 2.05) is 0 Å². The second kappa shape index (κ2) is 6.02. The molecule has 0 bridgehead atoms. The highest BCUT2D eigenvalue weighted by Crippen LogP contribution is 2.24. The molecule has 1 amide bonds. The lowest BCUT2D eigenvalue weighted by Gasteiger charge is -2.35. The van der Waals surface area contributed by atoms with Gasteiger partial charge in [-0.05, 0) is 39.5 Å².